The van der Waals surface area contributed by atoms with Crippen LogP contribution < -0.4 is 11.6 Å². The summed E-state index contributed by atoms with van der Waals surface area (Å²) >= 11 is 1.38. The smallest absolute Gasteiger partial charge is 0.143 e. The van der Waals surface area contributed by atoms with Crippen molar-refractivity contribution in [2.45, 2.75) is 13.3 Å². The number of rotatable bonds is 3. The van der Waals surface area contributed by atoms with Gasteiger partial charge in [0, 0.05) is 12.1 Å². The summed E-state index contributed by atoms with van der Waals surface area (Å²) in [5.41, 5.74) is 7.37. The van der Waals surface area contributed by atoms with Crippen molar-refractivity contribution in [3.8, 4) is 0 Å². The van der Waals surface area contributed by atoms with E-state index in [2.05, 4.69) is 17.0 Å². The Balaban J connectivity index is 2.84. The molecule has 0 spiro atoms. The van der Waals surface area contributed by atoms with E-state index < -0.39 is 0 Å². The molecule has 1 rings (SSSR count). The quantitative estimate of drug-likeness (QED) is 0.256. The number of hydrazone groups is 1. The molecular formula is C9H14N4S. The molecular weight excluding hydrogens is 196 g/mol. The van der Waals surface area contributed by atoms with Crippen molar-refractivity contribution in [3.05, 3.63) is 29.6 Å². The lowest BCUT2D eigenvalue weighted by Crippen LogP contribution is -2.06. The van der Waals surface area contributed by atoms with E-state index in [0.29, 0.717) is 10.9 Å². The maximum absolute atomic E-state index is 5.40. The number of hydrogen-bond donors (Lipinski definition) is 2. The van der Waals surface area contributed by atoms with Gasteiger partial charge in [-0.15, -0.1) is 0 Å². The van der Waals surface area contributed by atoms with Gasteiger partial charge in [-0.05, 0) is 18.1 Å². The fourth-order valence-corrected chi connectivity index (χ4v) is 1.52. The van der Waals surface area contributed by atoms with Crippen LogP contribution in [-0.4, -0.2) is 15.9 Å². The third kappa shape index (κ3) is 2.71. The van der Waals surface area contributed by atoms with Gasteiger partial charge in [-0.2, -0.15) is 5.10 Å². The molecule has 0 aliphatic rings. The van der Waals surface area contributed by atoms with Crippen molar-refractivity contribution in [2.75, 3.05) is 5.88 Å². The van der Waals surface area contributed by atoms with Crippen molar-refractivity contribution < 1.29 is 0 Å². The Hall–Kier alpha value is -1.07. The van der Waals surface area contributed by atoms with Gasteiger partial charge in [0.15, 0.2) is 0 Å². The van der Waals surface area contributed by atoms with Crippen LogP contribution in [0.25, 0.3) is 0 Å². The van der Waals surface area contributed by atoms with Crippen LogP contribution in [0.2, 0.25) is 0 Å². The molecule has 5 heteroatoms. The second kappa shape index (κ2) is 5.62. The van der Waals surface area contributed by atoms with E-state index >= 15 is 0 Å². The maximum Gasteiger partial charge on any atom is 0.143 e. The molecule has 4 N–H and O–H groups in total. The lowest BCUT2D eigenvalue weighted by molar-refractivity contribution is 1.10. The summed E-state index contributed by atoms with van der Waals surface area (Å²) < 4.78 is 0. The molecule has 0 saturated carbocycles. The standard InChI is InChI=1S/C9H14N4S/c1-2-7-3-4-8(12-5-7)9(13-11)14-6-10/h3-5H,2,6,10-11H2,1H3/b13-9-. The minimum absolute atomic E-state index is 0.452. The van der Waals surface area contributed by atoms with Crippen LogP contribution >= 0.6 is 11.8 Å². The molecule has 1 aromatic rings. The Morgan fingerprint density at radius 2 is 2.36 bits per heavy atom. The molecule has 0 bridgehead atoms. The van der Waals surface area contributed by atoms with Crippen LogP contribution in [0.4, 0.5) is 0 Å². The van der Waals surface area contributed by atoms with E-state index in [9.17, 15) is 0 Å². The van der Waals surface area contributed by atoms with E-state index in [-0.39, 0.29) is 0 Å². The van der Waals surface area contributed by atoms with Crippen LogP contribution in [0.1, 0.15) is 18.2 Å². The van der Waals surface area contributed by atoms with Gasteiger partial charge in [-0.1, -0.05) is 24.8 Å². The predicted octanol–water partition coefficient (Wildman–Crippen LogP) is 0.914. The zero-order chi connectivity index (χ0) is 10.4. The minimum atomic E-state index is 0.452. The van der Waals surface area contributed by atoms with Crippen molar-refractivity contribution in [3.63, 3.8) is 0 Å². The Kier molecular flexibility index (Phi) is 4.42. The van der Waals surface area contributed by atoms with Crippen molar-refractivity contribution >= 4 is 16.8 Å². The molecule has 0 unspecified atom stereocenters. The first-order valence-electron chi connectivity index (χ1n) is 4.37. The summed E-state index contributed by atoms with van der Waals surface area (Å²) in [5, 5.41) is 4.32. The highest BCUT2D eigenvalue weighted by Crippen LogP contribution is 2.10. The maximum atomic E-state index is 5.40. The summed E-state index contributed by atoms with van der Waals surface area (Å²) in [6.45, 7) is 2.09. The third-order valence-electron chi connectivity index (χ3n) is 1.79. The number of hydrogen-bond acceptors (Lipinski definition) is 5. The van der Waals surface area contributed by atoms with Gasteiger partial charge in [0.25, 0.3) is 0 Å². The Morgan fingerprint density at radius 3 is 2.79 bits per heavy atom. The minimum Gasteiger partial charge on any atom is -0.322 e. The fraction of sp³-hybridized carbons (Fsp3) is 0.333. The number of pyridine rings is 1. The highest BCUT2D eigenvalue weighted by Gasteiger charge is 2.04. The molecule has 14 heavy (non-hydrogen) atoms. The van der Waals surface area contributed by atoms with E-state index in [1.54, 1.807) is 0 Å². The van der Waals surface area contributed by atoms with Crippen molar-refractivity contribution in [1.82, 2.24) is 4.98 Å². The highest BCUT2D eigenvalue weighted by molar-refractivity contribution is 8.14. The molecule has 0 radical (unpaired) electrons. The largest absolute Gasteiger partial charge is 0.322 e. The number of aromatic nitrogens is 1. The highest BCUT2D eigenvalue weighted by atomic mass is 32.2. The molecule has 0 aliphatic heterocycles. The lowest BCUT2D eigenvalue weighted by atomic mass is 10.2. The van der Waals surface area contributed by atoms with Gasteiger partial charge in [0.1, 0.15) is 5.04 Å². The lowest BCUT2D eigenvalue weighted by Gasteiger charge is -2.02. The summed E-state index contributed by atoms with van der Waals surface area (Å²) in [5.74, 6) is 5.68. The van der Waals surface area contributed by atoms with E-state index in [0.717, 1.165) is 12.1 Å². The van der Waals surface area contributed by atoms with E-state index in [1.165, 1.54) is 17.3 Å². The first kappa shape index (κ1) is 11.0. The molecule has 0 amide bonds. The summed E-state index contributed by atoms with van der Waals surface area (Å²) in [7, 11) is 0. The molecule has 1 heterocycles. The predicted molar refractivity (Wildman–Crippen MR) is 61.0 cm³/mol. The normalized spacial score (nSPS) is 11.7. The molecule has 0 aromatic carbocycles. The van der Waals surface area contributed by atoms with Gasteiger partial charge in [0.05, 0.1) is 5.69 Å². The molecule has 0 atom stereocenters. The SMILES string of the molecule is CCc1ccc(/C(=N/N)SCN)nc1. The molecule has 4 nitrogen and oxygen atoms in total. The summed E-state index contributed by atoms with van der Waals surface area (Å²) in [6, 6.07) is 3.93. The van der Waals surface area contributed by atoms with Crippen LogP contribution in [-0.2, 0) is 6.42 Å². The van der Waals surface area contributed by atoms with Crippen molar-refractivity contribution in [2.24, 2.45) is 16.7 Å². The average molecular weight is 210 g/mol. The first-order valence-corrected chi connectivity index (χ1v) is 5.36. The van der Waals surface area contributed by atoms with E-state index in [4.69, 9.17) is 11.6 Å². The van der Waals surface area contributed by atoms with Crippen LogP contribution in [0.5, 0.6) is 0 Å². The zero-order valence-electron chi connectivity index (χ0n) is 8.10. The second-order valence-electron chi connectivity index (χ2n) is 2.65. The fourth-order valence-electron chi connectivity index (χ4n) is 1.02. The third-order valence-corrected chi connectivity index (χ3v) is 2.54. The van der Waals surface area contributed by atoms with E-state index in [1.807, 2.05) is 18.3 Å². The summed E-state index contributed by atoms with van der Waals surface area (Å²) in [4.78, 5) is 4.25. The van der Waals surface area contributed by atoms with Gasteiger partial charge < -0.3 is 11.6 Å². The second-order valence-corrected chi connectivity index (χ2v) is 3.66. The monoisotopic (exact) mass is 210 g/mol. The average Bonchev–Trinajstić information content (AvgIpc) is 2.26. The number of thioether (sulfide) groups is 1. The molecule has 0 fully saturated rings. The van der Waals surface area contributed by atoms with Gasteiger partial charge in [0.2, 0.25) is 0 Å². The number of nitrogens with zero attached hydrogens (tertiary/aromatic N) is 2. The first-order chi connectivity index (χ1) is 6.81. The molecule has 0 saturated heterocycles. The van der Waals surface area contributed by atoms with Crippen LogP contribution in [0.15, 0.2) is 23.4 Å². The number of nitrogens with two attached hydrogens (primary N) is 2. The van der Waals surface area contributed by atoms with Gasteiger partial charge in [-0.25, -0.2) is 0 Å². The molecule has 76 valence electrons. The Morgan fingerprint density at radius 1 is 1.57 bits per heavy atom. The van der Waals surface area contributed by atoms with Crippen LogP contribution in [0.3, 0.4) is 0 Å². The Bertz CT molecular complexity index is 307. The van der Waals surface area contributed by atoms with Crippen LogP contribution in [0, 0.1) is 0 Å². The number of aryl methyl sites for hydroxylation is 1. The van der Waals surface area contributed by atoms with Gasteiger partial charge in [-0.3, -0.25) is 4.98 Å². The zero-order valence-corrected chi connectivity index (χ0v) is 8.92. The van der Waals surface area contributed by atoms with Gasteiger partial charge >= 0.3 is 0 Å². The summed E-state index contributed by atoms with van der Waals surface area (Å²) in [6.07, 6.45) is 2.81. The molecule has 1 aromatic heterocycles. The van der Waals surface area contributed by atoms with Crippen molar-refractivity contribution in [1.29, 1.82) is 0 Å². The Labute approximate surface area is 87.8 Å². The topological polar surface area (TPSA) is 77.3 Å². The molecule has 0 aliphatic carbocycles.